The van der Waals surface area contributed by atoms with Gasteiger partial charge in [0.05, 0.1) is 7.11 Å². The number of rotatable bonds is 5. The molecule has 0 amide bonds. The predicted octanol–water partition coefficient (Wildman–Crippen LogP) is 10.0. The quantitative estimate of drug-likeness (QED) is 0.207. The molecule has 0 heterocycles. The van der Waals surface area contributed by atoms with Crippen molar-refractivity contribution in [3.05, 3.63) is 42.0 Å². The van der Waals surface area contributed by atoms with Crippen LogP contribution >= 0.6 is 0 Å². The highest BCUT2D eigenvalue weighted by Gasteiger charge is 2.70. The number of hydrogen-bond acceptors (Lipinski definition) is 4. The molecule has 4 nitrogen and oxygen atoms in total. The van der Waals surface area contributed by atoms with Crippen LogP contribution in [0.1, 0.15) is 118 Å². The number of benzene rings is 1. The van der Waals surface area contributed by atoms with Gasteiger partial charge in [0.25, 0.3) is 0 Å². The molecule has 1 aromatic rings. The summed E-state index contributed by atoms with van der Waals surface area (Å²) in [5.41, 5.74) is 3.61. The molecule has 5 fully saturated rings. The van der Waals surface area contributed by atoms with Crippen LogP contribution in [0.4, 0.5) is 0 Å². The van der Waals surface area contributed by atoms with Crippen molar-refractivity contribution in [2.24, 2.45) is 56.7 Å². The molecule has 0 unspecified atom stereocenters. The van der Waals surface area contributed by atoms with Crippen LogP contribution < -0.4 is 4.74 Å². The van der Waals surface area contributed by atoms with Crippen molar-refractivity contribution in [3.63, 3.8) is 0 Å². The molecular formula is C40H58O4. The van der Waals surface area contributed by atoms with Gasteiger partial charge in [-0.25, -0.2) is 4.79 Å². The Kier molecular flexibility index (Phi) is 7.69. The first-order chi connectivity index (χ1) is 20.6. The molecule has 44 heavy (non-hydrogen) atoms. The second kappa shape index (κ2) is 10.7. The van der Waals surface area contributed by atoms with Crippen molar-refractivity contribution in [2.75, 3.05) is 7.11 Å². The summed E-state index contributed by atoms with van der Waals surface area (Å²) in [6.07, 6.45) is 16.0. The van der Waals surface area contributed by atoms with E-state index in [1.807, 2.05) is 0 Å². The zero-order chi connectivity index (χ0) is 31.9. The van der Waals surface area contributed by atoms with Crippen molar-refractivity contribution >= 4 is 12.0 Å². The van der Waals surface area contributed by atoms with Crippen LogP contribution in [-0.2, 0) is 9.53 Å². The molecule has 242 valence electrons. The Morgan fingerprint density at radius 1 is 0.909 bits per heavy atom. The highest BCUT2D eigenvalue weighted by Crippen LogP contribution is 2.77. The molecule has 1 aromatic carbocycles. The van der Waals surface area contributed by atoms with Gasteiger partial charge >= 0.3 is 5.97 Å². The lowest BCUT2D eigenvalue weighted by atomic mass is 9.32. The lowest BCUT2D eigenvalue weighted by molar-refractivity contribution is -0.248. The Morgan fingerprint density at radius 3 is 2.36 bits per heavy atom. The summed E-state index contributed by atoms with van der Waals surface area (Å²) in [6, 6.07) is 5.07. The van der Waals surface area contributed by atoms with E-state index in [1.165, 1.54) is 70.1 Å². The lowest BCUT2D eigenvalue weighted by Crippen LogP contribution is -2.66. The monoisotopic (exact) mass is 602 g/mol. The second-order valence-electron chi connectivity index (χ2n) is 17.4. The maximum Gasteiger partial charge on any atom is 0.331 e. The van der Waals surface area contributed by atoms with Gasteiger partial charge in [-0.05, 0) is 146 Å². The van der Waals surface area contributed by atoms with Crippen molar-refractivity contribution in [1.29, 1.82) is 0 Å². The number of methoxy groups -OCH3 is 1. The summed E-state index contributed by atoms with van der Waals surface area (Å²) in [5.74, 6) is 3.73. The van der Waals surface area contributed by atoms with Crippen molar-refractivity contribution in [2.45, 2.75) is 119 Å². The summed E-state index contributed by atoms with van der Waals surface area (Å²) in [5, 5.41) is 9.89. The van der Waals surface area contributed by atoms with Gasteiger partial charge in [0, 0.05) is 11.5 Å². The number of hydrogen-bond donors (Lipinski definition) is 1. The van der Waals surface area contributed by atoms with Gasteiger partial charge in [-0.3, -0.25) is 0 Å². The Labute approximate surface area is 267 Å². The lowest BCUT2D eigenvalue weighted by Gasteiger charge is -2.73. The Balaban J connectivity index is 1.21. The molecule has 10 atom stereocenters. The third-order valence-electron chi connectivity index (χ3n) is 15.3. The number of allylic oxidation sites excluding steroid dienone is 1. The maximum atomic E-state index is 13.1. The third kappa shape index (κ3) is 4.54. The van der Waals surface area contributed by atoms with Gasteiger partial charge in [-0.2, -0.15) is 0 Å². The molecule has 0 spiro atoms. The standard InChI is InChI=1S/C40H58O4/c1-25(2)27-16-19-37(5)22-23-39(7)28(35(27)37)12-14-32-38(6)20-18-33(36(3,4)31(38)17-21-40(32,39)8)44-34(42)15-11-26-10-13-29(41)30(24-26)43-9/h10-11,13,15,24,27-28,31-33,35,41H,1,12,14,16-23H2,2-9H3/t27-,28+,31-,32+,33-,35+,37+,38-,39+,40+/m0/s1. The fraction of sp³-hybridized carbons (Fsp3) is 0.725. The molecule has 0 saturated heterocycles. The van der Waals surface area contributed by atoms with E-state index >= 15 is 0 Å². The summed E-state index contributed by atoms with van der Waals surface area (Å²) in [4.78, 5) is 13.1. The maximum absolute atomic E-state index is 13.1. The average Bonchev–Trinajstić information content (AvgIpc) is 3.32. The zero-order valence-electron chi connectivity index (χ0n) is 28.8. The highest BCUT2D eigenvalue weighted by atomic mass is 16.5. The largest absolute Gasteiger partial charge is 0.504 e. The molecular weight excluding hydrogens is 544 g/mol. The van der Waals surface area contributed by atoms with E-state index in [1.54, 1.807) is 24.3 Å². The van der Waals surface area contributed by atoms with Crippen LogP contribution in [0, 0.1) is 56.7 Å². The second-order valence-corrected chi connectivity index (χ2v) is 17.4. The fourth-order valence-electron chi connectivity index (χ4n) is 12.8. The summed E-state index contributed by atoms with van der Waals surface area (Å²) in [7, 11) is 1.52. The Morgan fingerprint density at radius 2 is 1.66 bits per heavy atom. The minimum atomic E-state index is -0.290. The van der Waals surface area contributed by atoms with E-state index in [0.717, 1.165) is 30.2 Å². The van der Waals surface area contributed by atoms with Crippen LogP contribution in [0.3, 0.4) is 0 Å². The number of phenols is 1. The van der Waals surface area contributed by atoms with Crippen LogP contribution in [0.15, 0.2) is 36.4 Å². The van der Waals surface area contributed by atoms with E-state index in [-0.39, 0.29) is 28.7 Å². The van der Waals surface area contributed by atoms with Gasteiger partial charge in [0.1, 0.15) is 6.10 Å². The van der Waals surface area contributed by atoms with E-state index in [0.29, 0.717) is 39.7 Å². The first-order valence-electron chi connectivity index (χ1n) is 17.5. The summed E-state index contributed by atoms with van der Waals surface area (Å²) in [6.45, 7) is 22.2. The molecule has 6 rings (SSSR count). The number of ether oxygens (including phenoxy) is 2. The van der Waals surface area contributed by atoms with E-state index in [2.05, 4.69) is 55.0 Å². The van der Waals surface area contributed by atoms with Crippen LogP contribution in [0.25, 0.3) is 6.08 Å². The van der Waals surface area contributed by atoms with E-state index in [4.69, 9.17) is 9.47 Å². The third-order valence-corrected chi connectivity index (χ3v) is 15.3. The molecule has 0 bridgehead atoms. The predicted molar refractivity (Wildman–Crippen MR) is 178 cm³/mol. The topological polar surface area (TPSA) is 55.8 Å². The van der Waals surface area contributed by atoms with Crippen LogP contribution in [-0.4, -0.2) is 24.3 Å². The minimum Gasteiger partial charge on any atom is -0.504 e. The van der Waals surface area contributed by atoms with Crippen LogP contribution in [0.2, 0.25) is 0 Å². The Hall–Kier alpha value is -2.23. The average molecular weight is 603 g/mol. The number of fused-ring (bicyclic) bond motifs is 7. The van der Waals surface area contributed by atoms with E-state index in [9.17, 15) is 9.90 Å². The number of carbonyl (C=O) groups is 1. The molecule has 0 aromatic heterocycles. The number of esters is 1. The molecule has 0 radical (unpaired) electrons. The van der Waals surface area contributed by atoms with Crippen molar-refractivity contribution in [1.82, 2.24) is 0 Å². The number of phenolic OH excluding ortho intramolecular Hbond substituents is 1. The summed E-state index contributed by atoms with van der Waals surface area (Å²) >= 11 is 0. The van der Waals surface area contributed by atoms with Gasteiger partial charge in [0.15, 0.2) is 11.5 Å². The highest BCUT2D eigenvalue weighted by molar-refractivity contribution is 5.87. The minimum absolute atomic E-state index is 0.0843. The first-order valence-corrected chi connectivity index (χ1v) is 17.5. The van der Waals surface area contributed by atoms with Crippen molar-refractivity contribution < 1.29 is 19.4 Å². The van der Waals surface area contributed by atoms with E-state index < -0.39 is 0 Å². The van der Waals surface area contributed by atoms with Gasteiger partial charge < -0.3 is 14.6 Å². The SMILES string of the molecule is C=C(C)[C@@H]1CC[C@]2(C)CC[C@]3(C)[C@H](CC[C@@H]4[C@@]5(C)CC[C@H](OC(=O)C=Cc6ccc(O)c(OC)c6)C(C)(C)[C@@H]5CC[C@]43C)[C@@H]12. The molecule has 4 heteroatoms. The number of aromatic hydroxyl groups is 1. The Bertz CT molecular complexity index is 1340. The molecule has 1 N–H and O–H groups in total. The zero-order valence-corrected chi connectivity index (χ0v) is 28.8. The summed E-state index contributed by atoms with van der Waals surface area (Å²) < 4.78 is 11.5. The van der Waals surface area contributed by atoms with Gasteiger partial charge in [-0.15, -0.1) is 0 Å². The molecule has 0 aliphatic heterocycles. The fourth-order valence-corrected chi connectivity index (χ4v) is 12.8. The van der Waals surface area contributed by atoms with Gasteiger partial charge in [0.2, 0.25) is 0 Å². The van der Waals surface area contributed by atoms with Gasteiger partial charge in [-0.1, -0.05) is 59.8 Å². The number of carbonyl (C=O) groups excluding carboxylic acids is 1. The molecule has 5 aliphatic carbocycles. The van der Waals surface area contributed by atoms with Crippen molar-refractivity contribution in [3.8, 4) is 11.5 Å². The smallest absolute Gasteiger partial charge is 0.331 e. The molecule has 5 aliphatic rings. The van der Waals surface area contributed by atoms with Crippen LogP contribution in [0.5, 0.6) is 11.5 Å². The molecule has 5 saturated carbocycles. The first kappa shape index (κ1) is 31.7. The normalized spacial score (nSPS) is 44.2.